The van der Waals surface area contributed by atoms with Gasteiger partial charge in [-0.25, -0.2) is 0 Å². The van der Waals surface area contributed by atoms with E-state index in [4.69, 9.17) is 0 Å². The third kappa shape index (κ3) is 6.34. The molecule has 0 spiro atoms. The fourth-order valence-electron chi connectivity index (χ4n) is 2.55. The number of allylic oxidation sites excluding steroid dienone is 1. The minimum Gasteiger partial charge on any atom is -0.508 e. The molecule has 1 unspecified atom stereocenters. The van der Waals surface area contributed by atoms with E-state index in [0.717, 1.165) is 29.6 Å². The molecule has 1 rings (SSSR count). The minimum atomic E-state index is -0.623. The number of hydrogen-bond acceptors (Lipinski definition) is 3. The summed E-state index contributed by atoms with van der Waals surface area (Å²) in [6.45, 7) is 10.1. The molecular weight excluding hydrogens is 300 g/mol. The van der Waals surface area contributed by atoms with Gasteiger partial charge in [-0.2, -0.15) is 0 Å². The topological polar surface area (TPSA) is 60.7 Å². The third-order valence-electron chi connectivity index (χ3n) is 4.19. The van der Waals surface area contributed by atoms with Gasteiger partial charge in [-0.1, -0.05) is 57.2 Å². The largest absolute Gasteiger partial charge is 0.508 e. The smallest absolute Gasteiger partial charge is 0.115 e. The van der Waals surface area contributed by atoms with E-state index in [-0.39, 0.29) is 18.3 Å². The Hall–Kier alpha value is -1.84. The van der Waals surface area contributed by atoms with Gasteiger partial charge in [0.2, 0.25) is 0 Å². The molecule has 1 atom stereocenters. The number of phenolic OH excluding ortho intramolecular Hbond substituents is 1. The summed E-state index contributed by atoms with van der Waals surface area (Å²) in [5.41, 5.74) is 3.89. The zero-order chi connectivity index (χ0) is 18.1. The number of hydrogen-bond donors (Lipinski definition) is 3. The lowest BCUT2D eigenvalue weighted by Gasteiger charge is -2.20. The molecule has 0 bridgehead atoms. The highest BCUT2D eigenvalue weighted by Crippen LogP contribution is 2.25. The van der Waals surface area contributed by atoms with E-state index in [0.29, 0.717) is 6.42 Å². The number of rotatable bonds is 9. The Morgan fingerprint density at radius 2 is 1.83 bits per heavy atom. The number of aliphatic hydroxyl groups is 2. The lowest BCUT2D eigenvalue weighted by Crippen LogP contribution is -2.15. The van der Waals surface area contributed by atoms with Crippen LogP contribution in [0.5, 0.6) is 5.75 Å². The Labute approximate surface area is 145 Å². The lowest BCUT2D eigenvalue weighted by molar-refractivity contribution is 0.199. The van der Waals surface area contributed by atoms with Crippen LogP contribution in [0.3, 0.4) is 0 Å². The zero-order valence-electron chi connectivity index (χ0n) is 15.0. The Morgan fingerprint density at radius 1 is 1.21 bits per heavy atom. The first kappa shape index (κ1) is 20.2. The van der Waals surface area contributed by atoms with Crippen LogP contribution in [0.2, 0.25) is 0 Å². The monoisotopic (exact) mass is 330 g/mol. The summed E-state index contributed by atoms with van der Waals surface area (Å²) in [6.07, 6.45) is 5.39. The Kier molecular flexibility index (Phi) is 8.51. The van der Waals surface area contributed by atoms with Crippen molar-refractivity contribution in [1.82, 2.24) is 0 Å². The van der Waals surface area contributed by atoms with E-state index in [2.05, 4.69) is 19.6 Å². The first-order chi connectivity index (χ1) is 11.4. The average molecular weight is 330 g/mol. The van der Waals surface area contributed by atoms with Crippen molar-refractivity contribution < 1.29 is 15.3 Å². The molecule has 0 saturated heterocycles. The van der Waals surface area contributed by atoms with E-state index < -0.39 is 6.10 Å². The maximum absolute atomic E-state index is 10.5. The van der Waals surface area contributed by atoms with Gasteiger partial charge in [0.05, 0.1) is 12.7 Å². The van der Waals surface area contributed by atoms with Crippen molar-refractivity contribution in [2.24, 2.45) is 5.92 Å². The van der Waals surface area contributed by atoms with Crippen molar-refractivity contribution >= 4 is 6.08 Å². The van der Waals surface area contributed by atoms with Crippen LogP contribution >= 0.6 is 0 Å². The number of aromatic hydroxyl groups is 1. The van der Waals surface area contributed by atoms with Gasteiger partial charge in [0, 0.05) is 0 Å². The number of aliphatic hydroxyl groups excluding tert-OH is 2. The molecule has 0 aliphatic carbocycles. The average Bonchev–Trinajstić information content (AvgIpc) is 2.57. The first-order valence-electron chi connectivity index (χ1n) is 8.55. The standard InChI is InChI=1S/C21H30O3/c1-5-17(14-18-6-9-19(23)10-7-18)8-11-21(24)20(12-13-22)16(4)15(2)3/h6-7,9-10,12,14-15,21-24H,4-5,8,11,13H2,1-3H3/b17-14+,20-12-. The van der Waals surface area contributed by atoms with Gasteiger partial charge in [0.1, 0.15) is 5.75 Å². The molecule has 132 valence electrons. The van der Waals surface area contributed by atoms with Crippen LogP contribution in [0.15, 0.2) is 53.6 Å². The predicted octanol–water partition coefficient (Wildman–Crippen LogP) is 4.46. The molecule has 0 fully saturated rings. The van der Waals surface area contributed by atoms with E-state index in [1.807, 2.05) is 26.0 Å². The molecule has 0 radical (unpaired) electrons. The van der Waals surface area contributed by atoms with Gasteiger partial charge in [0.25, 0.3) is 0 Å². The van der Waals surface area contributed by atoms with E-state index in [1.54, 1.807) is 18.2 Å². The van der Waals surface area contributed by atoms with Crippen LogP contribution < -0.4 is 0 Å². The van der Waals surface area contributed by atoms with Crippen LogP contribution in [-0.4, -0.2) is 28.0 Å². The molecule has 0 aliphatic heterocycles. The normalized spacial score (nSPS) is 14.1. The highest BCUT2D eigenvalue weighted by molar-refractivity contribution is 5.53. The van der Waals surface area contributed by atoms with Crippen LogP contribution in [0.4, 0.5) is 0 Å². The summed E-state index contributed by atoms with van der Waals surface area (Å²) < 4.78 is 0. The summed E-state index contributed by atoms with van der Waals surface area (Å²) in [7, 11) is 0. The molecule has 24 heavy (non-hydrogen) atoms. The Bertz CT molecular complexity index is 580. The highest BCUT2D eigenvalue weighted by Gasteiger charge is 2.16. The second-order valence-electron chi connectivity index (χ2n) is 6.32. The molecule has 0 amide bonds. The van der Waals surface area contributed by atoms with Gasteiger partial charge >= 0.3 is 0 Å². The van der Waals surface area contributed by atoms with Gasteiger partial charge < -0.3 is 15.3 Å². The highest BCUT2D eigenvalue weighted by atomic mass is 16.3. The number of phenols is 1. The molecule has 3 N–H and O–H groups in total. The molecule has 3 nitrogen and oxygen atoms in total. The first-order valence-corrected chi connectivity index (χ1v) is 8.55. The van der Waals surface area contributed by atoms with Crippen LogP contribution in [0.1, 0.15) is 45.6 Å². The SMILES string of the molecule is C=C(/C(=C/CO)C(O)CC/C(=C/c1ccc(O)cc1)CC)C(C)C. The zero-order valence-corrected chi connectivity index (χ0v) is 15.0. The Morgan fingerprint density at radius 3 is 2.33 bits per heavy atom. The maximum Gasteiger partial charge on any atom is 0.115 e. The lowest BCUT2D eigenvalue weighted by atomic mass is 9.89. The molecule has 0 aliphatic rings. The van der Waals surface area contributed by atoms with Crippen molar-refractivity contribution in [2.75, 3.05) is 6.61 Å². The van der Waals surface area contributed by atoms with Crippen molar-refractivity contribution in [3.63, 3.8) is 0 Å². The summed E-state index contributed by atoms with van der Waals surface area (Å²) in [6, 6.07) is 7.09. The van der Waals surface area contributed by atoms with E-state index >= 15 is 0 Å². The summed E-state index contributed by atoms with van der Waals surface area (Å²) >= 11 is 0. The third-order valence-corrected chi connectivity index (χ3v) is 4.19. The quantitative estimate of drug-likeness (QED) is 0.586. The van der Waals surface area contributed by atoms with Crippen LogP contribution in [-0.2, 0) is 0 Å². The minimum absolute atomic E-state index is 0.0951. The predicted molar refractivity (Wildman–Crippen MR) is 101 cm³/mol. The summed E-state index contributed by atoms with van der Waals surface area (Å²) in [4.78, 5) is 0. The number of benzene rings is 1. The summed E-state index contributed by atoms with van der Waals surface area (Å²) in [5.74, 6) is 0.488. The fraction of sp³-hybridized carbons (Fsp3) is 0.429. The second-order valence-corrected chi connectivity index (χ2v) is 6.32. The van der Waals surface area contributed by atoms with Crippen molar-refractivity contribution in [2.45, 2.75) is 46.1 Å². The molecular formula is C21H30O3. The Balaban J connectivity index is 2.78. The molecule has 0 saturated carbocycles. The summed E-state index contributed by atoms with van der Waals surface area (Å²) in [5, 5.41) is 29.0. The molecule has 0 aromatic heterocycles. The molecule has 1 aromatic rings. The van der Waals surface area contributed by atoms with Crippen molar-refractivity contribution in [1.29, 1.82) is 0 Å². The molecule has 0 heterocycles. The van der Waals surface area contributed by atoms with Gasteiger partial charge in [-0.15, -0.1) is 0 Å². The maximum atomic E-state index is 10.5. The van der Waals surface area contributed by atoms with Gasteiger partial charge in [-0.05, 0) is 54.0 Å². The van der Waals surface area contributed by atoms with Gasteiger partial charge in [-0.3, -0.25) is 0 Å². The van der Waals surface area contributed by atoms with Crippen LogP contribution in [0, 0.1) is 5.92 Å². The molecule has 1 aromatic carbocycles. The fourth-order valence-corrected chi connectivity index (χ4v) is 2.55. The van der Waals surface area contributed by atoms with Crippen molar-refractivity contribution in [3.05, 3.63) is 59.2 Å². The van der Waals surface area contributed by atoms with E-state index in [9.17, 15) is 15.3 Å². The second kappa shape index (κ2) is 10.1. The van der Waals surface area contributed by atoms with Crippen molar-refractivity contribution in [3.8, 4) is 5.75 Å². The molecule has 3 heteroatoms. The van der Waals surface area contributed by atoms with Gasteiger partial charge in [0.15, 0.2) is 0 Å². The van der Waals surface area contributed by atoms with Crippen LogP contribution in [0.25, 0.3) is 6.08 Å². The van der Waals surface area contributed by atoms with E-state index in [1.165, 1.54) is 5.57 Å².